The van der Waals surface area contributed by atoms with Gasteiger partial charge in [-0.25, -0.2) is 13.9 Å². The second-order valence-electron chi connectivity index (χ2n) is 6.37. The van der Waals surface area contributed by atoms with Gasteiger partial charge in [0.05, 0.1) is 5.52 Å². The molecular weight excluding hydrogens is 318 g/mol. The molecule has 3 aromatic heterocycles. The molecule has 9 heteroatoms. The van der Waals surface area contributed by atoms with Crippen LogP contribution in [0.2, 0.25) is 0 Å². The molecule has 0 unspecified atom stereocenters. The molecule has 3 aromatic rings. The molecule has 0 atom stereocenters. The molecule has 0 bridgehead atoms. The molecule has 0 fully saturated rings. The first-order chi connectivity index (χ1) is 10.7. The molecule has 0 aliphatic heterocycles. The molecule has 122 valence electrons. The van der Waals surface area contributed by atoms with Gasteiger partial charge in [-0.3, -0.25) is 14.2 Å². The topological polar surface area (TPSA) is 90.4 Å². The quantitative estimate of drug-likeness (QED) is 0.730. The highest BCUT2D eigenvalue weighted by atomic mass is 32.1. The fourth-order valence-electron chi connectivity index (χ4n) is 2.40. The van der Waals surface area contributed by atoms with E-state index in [9.17, 15) is 14.4 Å². The largest absolute Gasteiger partial charge is 0.352 e. The van der Waals surface area contributed by atoms with Gasteiger partial charge in [0.2, 0.25) is 11.7 Å². The monoisotopic (exact) mass is 335 g/mol. The van der Waals surface area contributed by atoms with Crippen LogP contribution in [-0.4, -0.2) is 30.2 Å². The number of nitrogens with one attached hydrogen (secondary N) is 1. The number of rotatable bonds is 2. The average molecular weight is 335 g/mol. The minimum Gasteiger partial charge on any atom is -0.350 e. The summed E-state index contributed by atoms with van der Waals surface area (Å²) in [6.07, 6.45) is 0. The lowest BCUT2D eigenvalue weighted by molar-refractivity contribution is -0.123. The highest BCUT2D eigenvalue weighted by molar-refractivity contribution is 7.17. The number of aromatic nitrogens is 4. The first-order valence-electron chi connectivity index (χ1n) is 7.06. The zero-order chi connectivity index (χ0) is 16.9. The van der Waals surface area contributed by atoms with Crippen molar-refractivity contribution in [1.82, 2.24) is 24.1 Å². The van der Waals surface area contributed by atoms with E-state index >= 15 is 0 Å². The van der Waals surface area contributed by atoms with Crippen molar-refractivity contribution in [3.8, 4) is 0 Å². The van der Waals surface area contributed by atoms with Crippen LogP contribution in [0, 0.1) is 0 Å². The Morgan fingerprint density at radius 1 is 1.35 bits per heavy atom. The Kier molecular flexibility index (Phi) is 3.40. The van der Waals surface area contributed by atoms with Crippen LogP contribution in [0.25, 0.3) is 16.0 Å². The van der Waals surface area contributed by atoms with Crippen molar-refractivity contribution in [1.29, 1.82) is 0 Å². The van der Waals surface area contributed by atoms with E-state index < -0.39 is 11.2 Å². The number of amides is 1. The number of hydrogen-bond acceptors (Lipinski definition) is 5. The molecule has 0 spiro atoms. The second-order valence-corrected chi connectivity index (χ2v) is 7.29. The van der Waals surface area contributed by atoms with E-state index in [1.54, 1.807) is 18.5 Å². The molecule has 0 aromatic carbocycles. The van der Waals surface area contributed by atoms with E-state index in [0.29, 0.717) is 10.2 Å². The normalized spacial score (nSPS) is 12.2. The van der Waals surface area contributed by atoms with Crippen LogP contribution in [0.15, 0.2) is 21.0 Å². The Labute approximate surface area is 135 Å². The van der Waals surface area contributed by atoms with E-state index in [2.05, 4.69) is 10.4 Å². The number of thiophene rings is 1. The predicted molar refractivity (Wildman–Crippen MR) is 88.0 cm³/mol. The summed E-state index contributed by atoms with van der Waals surface area (Å²) < 4.78 is 4.24. The molecule has 0 saturated carbocycles. The number of carbonyl (C=O) groups excluding carboxylic acids is 1. The number of hydrogen-bond donors (Lipinski definition) is 1. The van der Waals surface area contributed by atoms with Crippen LogP contribution in [0.4, 0.5) is 0 Å². The van der Waals surface area contributed by atoms with Gasteiger partial charge in [0, 0.05) is 12.6 Å². The summed E-state index contributed by atoms with van der Waals surface area (Å²) in [5, 5.41) is 8.68. The SMILES string of the molecule is Cn1c(=O)c2sccc2n2c(=O)n(CC(=O)NC(C)(C)C)nc12. The smallest absolute Gasteiger partial charge is 0.350 e. The van der Waals surface area contributed by atoms with E-state index in [1.165, 1.54) is 20.3 Å². The lowest BCUT2D eigenvalue weighted by Crippen LogP contribution is -2.43. The Balaban J connectivity index is 2.16. The highest BCUT2D eigenvalue weighted by Gasteiger charge is 2.19. The van der Waals surface area contributed by atoms with E-state index in [4.69, 9.17) is 0 Å². The lowest BCUT2D eigenvalue weighted by atomic mass is 10.1. The molecule has 3 heterocycles. The third kappa shape index (κ3) is 2.56. The standard InChI is InChI=1S/C14H17N5O3S/c1-14(2,3)15-9(20)7-18-13(22)19-8-5-6-23-10(8)11(21)17(4)12(19)16-18/h5-6H,7H2,1-4H3,(H,15,20). The van der Waals surface area contributed by atoms with Gasteiger partial charge in [0.1, 0.15) is 11.2 Å². The van der Waals surface area contributed by atoms with Crippen LogP contribution in [0.5, 0.6) is 0 Å². The Hall–Kier alpha value is -2.42. The third-order valence-corrected chi connectivity index (χ3v) is 4.21. The fraction of sp³-hybridized carbons (Fsp3) is 0.429. The lowest BCUT2D eigenvalue weighted by Gasteiger charge is -2.20. The number of aryl methyl sites for hydroxylation is 1. The first kappa shape index (κ1) is 15.5. The highest BCUT2D eigenvalue weighted by Crippen LogP contribution is 2.16. The van der Waals surface area contributed by atoms with Crippen molar-refractivity contribution in [3.63, 3.8) is 0 Å². The summed E-state index contributed by atoms with van der Waals surface area (Å²) in [6.45, 7) is 5.37. The van der Waals surface area contributed by atoms with Gasteiger partial charge >= 0.3 is 5.69 Å². The summed E-state index contributed by atoms with van der Waals surface area (Å²) in [5.41, 5.74) is -0.532. The van der Waals surface area contributed by atoms with Gasteiger partial charge in [-0.05, 0) is 32.2 Å². The van der Waals surface area contributed by atoms with Crippen LogP contribution in [0.1, 0.15) is 20.8 Å². The molecule has 1 amide bonds. The molecule has 0 aliphatic rings. The van der Waals surface area contributed by atoms with Crippen molar-refractivity contribution in [3.05, 3.63) is 32.3 Å². The van der Waals surface area contributed by atoms with Crippen LogP contribution in [-0.2, 0) is 18.4 Å². The van der Waals surface area contributed by atoms with Gasteiger partial charge < -0.3 is 5.32 Å². The summed E-state index contributed by atoms with van der Waals surface area (Å²) in [7, 11) is 1.56. The molecule has 8 nitrogen and oxygen atoms in total. The molecule has 3 rings (SSSR count). The molecule has 1 N–H and O–H groups in total. The molecule has 23 heavy (non-hydrogen) atoms. The van der Waals surface area contributed by atoms with Gasteiger partial charge in [-0.1, -0.05) is 0 Å². The third-order valence-electron chi connectivity index (χ3n) is 3.31. The first-order valence-corrected chi connectivity index (χ1v) is 7.94. The van der Waals surface area contributed by atoms with Crippen molar-refractivity contribution in [2.24, 2.45) is 7.05 Å². The second kappa shape index (κ2) is 5.05. The zero-order valence-electron chi connectivity index (χ0n) is 13.3. The van der Waals surface area contributed by atoms with Crippen LogP contribution < -0.4 is 16.6 Å². The van der Waals surface area contributed by atoms with Crippen molar-refractivity contribution in [2.45, 2.75) is 32.9 Å². The van der Waals surface area contributed by atoms with Gasteiger partial charge in [-0.15, -0.1) is 16.4 Å². The maximum Gasteiger partial charge on any atom is 0.352 e. The summed E-state index contributed by atoms with van der Waals surface area (Å²) in [5.74, 6) is -0.0935. The molecule has 0 radical (unpaired) electrons. The molecular formula is C14H17N5O3S. The van der Waals surface area contributed by atoms with Gasteiger partial charge in [0.25, 0.3) is 5.56 Å². The average Bonchev–Trinajstić information content (AvgIpc) is 3.00. The van der Waals surface area contributed by atoms with Crippen molar-refractivity contribution >= 4 is 33.2 Å². The van der Waals surface area contributed by atoms with Gasteiger partial charge in [-0.2, -0.15) is 0 Å². The zero-order valence-corrected chi connectivity index (χ0v) is 14.1. The van der Waals surface area contributed by atoms with E-state index in [1.807, 2.05) is 20.8 Å². The summed E-state index contributed by atoms with van der Waals surface area (Å²) in [6, 6.07) is 1.71. The maximum atomic E-state index is 12.6. The molecule has 0 saturated heterocycles. The minimum atomic E-state index is -0.442. The predicted octanol–water partition coefficient (Wildman–Crippen LogP) is 0.324. The van der Waals surface area contributed by atoms with Gasteiger partial charge in [0.15, 0.2) is 0 Å². The summed E-state index contributed by atoms with van der Waals surface area (Å²) in [4.78, 5) is 36.9. The maximum absolute atomic E-state index is 12.6. The van der Waals surface area contributed by atoms with Crippen molar-refractivity contribution in [2.75, 3.05) is 0 Å². The van der Waals surface area contributed by atoms with Crippen molar-refractivity contribution < 1.29 is 4.79 Å². The minimum absolute atomic E-state index is 0.197. The Morgan fingerprint density at radius 3 is 2.70 bits per heavy atom. The van der Waals surface area contributed by atoms with E-state index in [0.717, 1.165) is 4.68 Å². The number of carbonyl (C=O) groups is 1. The number of nitrogens with zero attached hydrogens (tertiary/aromatic N) is 4. The Bertz CT molecular complexity index is 1030. The van der Waals surface area contributed by atoms with Crippen LogP contribution >= 0.6 is 11.3 Å². The summed E-state index contributed by atoms with van der Waals surface area (Å²) >= 11 is 1.27. The fourth-order valence-corrected chi connectivity index (χ4v) is 3.25. The number of fused-ring (bicyclic) bond motifs is 3. The van der Waals surface area contributed by atoms with Crippen LogP contribution in [0.3, 0.4) is 0 Å². The molecule has 0 aliphatic carbocycles. The van der Waals surface area contributed by atoms with E-state index in [-0.39, 0.29) is 23.8 Å². The Morgan fingerprint density at radius 2 is 2.04 bits per heavy atom.